The van der Waals surface area contributed by atoms with Gasteiger partial charge in [0.15, 0.2) is 0 Å². The van der Waals surface area contributed by atoms with E-state index in [1.807, 2.05) is 42.2 Å². The zero-order chi connectivity index (χ0) is 14.8. The molecule has 1 aromatic carbocycles. The first-order valence-corrected chi connectivity index (χ1v) is 7.25. The van der Waals surface area contributed by atoms with Gasteiger partial charge in [-0.2, -0.15) is 0 Å². The average molecular weight is 281 g/mol. The molecule has 2 aromatic rings. The van der Waals surface area contributed by atoms with Gasteiger partial charge in [0.1, 0.15) is 0 Å². The SMILES string of the molecule is Cc1cncc(C(=O)N2CCCC(N)c3ccccc32)c1. The van der Waals surface area contributed by atoms with Crippen molar-refractivity contribution in [3.8, 4) is 0 Å². The van der Waals surface area contributed by atoms with Crippen molar-refractivity contribution in [1.82, 2.24) is 4.98 Å². The molecule has 2 N–H and O–H groups in total. The highest BCUT2D eigenvalue weighted by molar-refractivity contribution is 6.06. The number of rotatable bonds is 1. The highest BCUT2D eigenvalue weighted by atomic mass is 16.2. The number of pyridine rings is 1. The summed E-state index contributed by atoms with van der Waals surface area (Å²) in [6.07, 6.45) is 5.18. The minimum Gasteiger partial charge on any atom is -0.324 e. The summed E-state index contributed by atoms with van der Waals surface area (Å²) in [5.41, 5.74) is 9.80. The van der Waals surface area contributed by atoms with Crippen LogP contribution in [0.1, 0.15) is 40.4 Å². The third-order valence-electron chi connectivity index (χ3n) is 3.89. The second kappa shape index (κ2) is 5.66. The molecule has 1 atom stereocenters. The smallest absolute Gasteiger partial charge is 0.259 e. The van der Waals surface area contributed by atoms with Gasteiger partial charge in [0.25, 0.3) is 5.91 Å². The van der Waals surface area contributed by atoms with E-state index in [2.05, 4.69) is 4.98 Å². The predicted octanol–water partition coefficient (Wildman–Crippen LogP) is 2.83. The molecule has 1 aliphatic heterocycles. The molecule has 108 valence electrons. The van der Waals surface area contributed by atoms with Gasteiger partial charge in [-0.25, -0.2) is 0 Å². The van der Waals surface area contributed by atoms with Crippen LogP contribution in [0.2, 0.25) is 0 Å². The molecule has 1 unspecified atom stereocenters. The fourth-order valence-electron chi connectivity index (χ4n) is 2.83. The molecule has 4 nitrogen and oxygen atoms in total. The van der Waals surface area contributed by atoms with Crippen molar-refractivity contribution in [1.29, 1.82) is 0 Å². The molecule has 1 aliphatic rings. The van der Waals surface area contributed by atoms with Gasteiger partial charge in [0, 0.05) is 30.7 Å². The molecular formula is C17H19N3O. The van der Waals surface area contributed by atoms with E-state index in [0.29, 0.717) is 12.1 Å². The number of anilines is 1. The molecule has 3 rings (SSSR count). The Balaban J connectivity index is 2.02. The van der Waals surface area contributed by atoms with E-state index in [4.69, 9.17) is 5.73 Å². The van der Waals surface area contributed by atoms with Crippen LogP contribution in [0.15, 0.2) is 42.7 Å². The predicted molar refractivity (Wildman–Crippen MR) is 83.3 cm³/mol. The van der Waals surface area contributed by atoms with Gasteiger partial charge in [-0.15, -0.1) is 0 Å². The zero-order valence-electron chi connectivity index (χ0n) is 12.1. The Morgan fingerprint density at radius 2 is 2.14 bits per heavy atom. The van der Waals surface area contributed by atoms with Gasteiger partial charge in [0.05, 0.1) is 5.56 Å². The van der Waals surface area contributed by atoms with Crippen LogP contribution in [0.4, 0.5) is 5.69 Å². The summed E-state index contributed by atoms with van der Waals surface area (Å²) in [5, 5.41) is 0. The second-order valence-electron chi connectivity index (χ2n) is 5.52. The zero-order valence-corrected chi connectivity index (χ0v) is 12.1. The van der Waals surface area contributed by atoms with Gasteiger partial charge in [0.2, 0.25) is 0 Å². The van der Waals surface area contributed by atoms with Crippen molar-refractivity contribution in [2.75, 3.05) is 11.4 Å². The van der Waals surface area contributed by atoms with Crippen LogP contribution < -0.4 is 10.6 Å². The van der Waals surface area contributed by atoms with Gasteiger partial charge in [-0.3, -0.25) is 9.78 Å². The Bertz CT molecular complexity index is 669. The second-order valence-corrected chi connectivity index (χ2v) is 5.52. The van der Waals surface area contributed by atoms with E-state index in [1.54, 1.807) is 12.4 Å². The number of fused-ring (bicyclic) bond motifs is 1. The van der Waals surface area contributed by atoms with Crippen molar-refractivity contribution in [2.45, 2.75) is 25.8 Å². The number of para-hydroxylation sites is 1. The van der Waals surface area contributed by atoms with Crippen molar-refractivity contribution < 1.29 is 4.79 Å². The standard InChI is InChI=1S/C17H19N3O/c1-12-9-13(11-19-10-12)17(21)20-8-4-6-15(18)14-5-2-3-7-16(14)20/h2-3,5,7,9-11,15H,4,6,8,18H2,1H3. The van der Waals surface area contributed by atoms with E-state index in [9.17, 15) is 4.79 Å². The number of carbonyl (C=O) groups excluding carboxylic acids is 1. The average Bonchev–Trinajstić information content (AvgIpc) is 2.66. The fourth-order valence-corrected chi connectivity index (χ4v) is 2.83. The lowest BCUT2D eigenvalue weighted by Gasteiger charge is -2.23. The first-order chi connectivity index (χ1) is 10.2. The Morgan fingerprint density at radius 3 is 2.95 bits per heavy atom. The number of nitrogens with two attached hydrogens (primary N) is 1. The summed E-state index contributed by atoms with van der Waals surface area (Å²) < 4.78 is 0. The van der Waals surface area contributed by atoms with Crippen LogP contribution in [0.3, 0.4) is 0 Å². The molecular weight excluding hydrogens is 262 g/mol. The first kappa shape index (κ1) is 13.8. The van der Waals surface area contributed by atoms with Gasteiger partial charge in [-0.1, -0.05) is 18.2 Å². The Labute approximate surface area is 124 Å². The third-order valence-corrected chi connectivity index (χ3v) is 3.89. The molecule has 21 heavy (non-hydrogen) atoms. The summed E-state index contributed by atoms with van der Waals surface area (Å²) in [7, 11) is 0. The Morgan fingerprint density at radius 1 is 1.33 bits per heavy atom. The molecule has 0 spiro atoms. The van der Waals surface area contributed by atoms with E-state index in [-0.39, 0.29) is 11.9 Å². The molecule has 0 aliphatic carbocycles. The summed E-state index contributed by atoms with van der Waals surface area (Å²) >= 11 is 0. The number of hydrogen-bond acceptors (Lipinski definition) is 3. The van der Waals surface area contributed by atoms with Crippen LogP contribution in [-0.4, -0.2) is 17.4 Å². The number of hydrogen-bond donors (Lipinski definition) is 1. The first-order valence-electron chi connectivity index (χ1n) is 7.25. The molecule has 0 saturated carbocycles. The largest absolute Gasteiger partial charge is 0.324 e. The van der Waals surface area contributed by atoms with Crippen molar-refractivity contribution in [3.63, 3.8) is 0 Å². The van der Waals surface area contributed by atoms with Crippen molar-refractivity contribution in [3.05, 3.63) is 59.4 Å². The summed E-state index contributed by atoms with van der Waals surface area (Å²) in [5.74, 6) is -0.00671. The minimum absolute atomic E-state index is 0.00497. The summed E-state index contributed by atoms with van der Waals surface area (Å²) in [6.45, 7) is 2.63. The van der Waals surface area contributed by atoms with Crippen LogP contribution in [0.25, 0.3) is 0 Å². The molecule has 1 aromatic heterocycles. The number of benzene rings is 1. The van der Waals surface area contributed by atoms with Crippen LogP contribution in [0, 0.1) is 6.92 Å². The topological polar surface area (TPSA) is 59.2 Å². The van der Waals surface area contributed by atoms with Gasteiger partial charge >= 0.3 is 0 Å². The third kappa shape index (κ3) is 2.67. The number of amides is 1. The molecule has 0 bridgehead atoms. The van der Waals surface area contributed by atoms with Gasteiger partial charge in [-0.05, 0) is 43.0 Å². The maximum absolute atomic E-state index is 12.8. The lowest BCUT2D eigenvalue weighted by atomic mass is 10.0. The highest BCUT2D eigenvalue weighted by Gasteiger charge is 2.25. The van der Waals surface area contributed by atoms with E-state index >= 15 is 0 Å². The molecule has 0 saturated heterocycles. The van der Waals surface area contributed by atoms with E-state index in [1.165, 1.54) is 0 Å². The maximum atomic E-state index is 12.8. The van der Waals surface area contributed by atoms with Crippen LogP contribution in [-0.2, 0) is 0 Å². The quantitative estimate of drug-likeness (QED) is 0.874. The Hall–Kier alpha value is -2.20. The highest BCUT2D eigenvalue weighted by Crippen LogP contribution is 2.32. The lowest BCUT2D eigenvalue weighted by molar-refractivity contribution is 0.0986. The summed E-state index contributed by atoms with van der Waals surface area (Å²) in [6, 6.07) is 9.78. The molecule has 1 amide bonds. The van der Waals surface area contributed by atoms with E-state index in [0.717, 1.165) is 29.7 Å². The Kier molecular flexibility index (Phi) is 3.71. The number of nitrogens with zero attached hydrogens (tertiary/aromatic N) is 2. The molecule has 0 fully saturated rings. The van der Waals surface area contributed by atoms with Crippen molar-refractivity contribution >= 4 is 11.6 Å². The maximum Gasteiger partial charge on any atom is 0.259 e. The van der Waals surface area contributed by atoms with Crippen LogP contribution in [0.5, 0.6) is 0 Å². The molecule has 2 heterocycles. The lowest BCUT2D eigenvalue weighted by Crippen LogP contribution is -2.32. The van der Waals surface area contributed by atoms with Crippen LogP contribution >= 0.6 is 0 Å². The number of aryl methyl sites for hydroxylation is 1. The normalized spacial score (nSPS) is 18.0. The van der Waals surface area contributed by atoms with E-state index < -0.39 is 0 Å². The van der Waals surface area contributed by atoms with Crippen molar-refractivity contribution in [2.24, 2.45) is 5.73 Å². The monoisotopic (exact) mass is 281 g/mol. The summed E-state index contributed by atoms with van der Waals surface area (Å²) in [4.78, 5) is 18.8. The fraction of sp³-hybridized carbons (Fsp3) is 0.294. The molecule has 0 radical (unpaired) electrons. The number of aromatic nitrogens is 1. The minimum atomic E-state index is -0.00671. The molecule has 4 heteroatoms. The number of carbonyl (C=O) groups is 1. The van der Waals surface area contributed by atoms with Gasteiger partial charge < -0.3 is 10.6 Å².